The molecule has 0 aromatic rings. The van der Waals surface area contributed by atoms with Gasteiger partial charge < -0.3 is 10.0 Å². The first-order chi connectivity index (χ1) is 7.79. The van der Waals surface area contributed by atoms with E-state index in [1.54, 1.807) is 0 Å². The maximum Gasteiger partial charge on any atom is 0.308 e. The molecule has 1 rings (SSSR count). The third-order valence-electron chi connectivity index (χ3n) is 2.81. The monoisotopic (exact) mass is 263 g/mol. The number of carbonyl (C=O) groups excluding carboxylic acids is 1. The third kappa shape index (κ3) is 4.72. The van der Waals surface area contributed by atoms with E-state index >= 15 is 0 Å². The Kier molecular flexibility index (Phi) is 4.50. The molecule has 7 heteroatoms. The second-order valence-electron chi connectivity index (χ2n) is 4.40. The molecule has 98 valence electrons. The minimum Gasteiger partial charge on any atom is -0.481 e. The van der Waals surface area contributed by atoms with Gasteiger partial charge in [-0.3, -0.25) is 9.59 Å². The van der Waals surface area contributed by atoms with Gasteiger partial charge in [0.15, 0.2) is 0 Å². The second kappa shape index (κ2) is 5.48. The maximum atomic E-state index is 11.7. The van der Waals surface area contributed by atoms with Crippen LogP contribution in [0.3, 0.4) is 0 Å². The number of rotatable bonds is 4. The first-order valence-electron chi connectivity index (χ1n) is 5.48. The van der Waals surface area contributed by atoms with Gasteiger partial charge in [0.2, 0.25) is 5.91 Å². The first kappa shape index (κ1) is 14.0. The molecule has 0 spiro atoms. The number of carboxylic acid groups (broad SMARTS) is 1. The van der Waals surface area contributed by atoms with Crippen molar-refractivity contribution in [1.29, 1.82) is 0 Å². The lowest BCUT2D eigenvalue weighted by Crippen LogP contribution is -2.42. The number of piperidine rings is 1. The topological polar surface area (TPSA) is 91.8 Å². The van der Waals surface area contributed by atoms with Crippen LogP contribution in [0, 0.1) is 5.92 Å². The normalized spacial score (nSPS) is 21.2. The lowest BCUT2D eigenvalue weighted by atomic mass is 9.98. The Morgan fingerprint density at radius 2 is 2.06 bits per heavy atom. The summed E-state index contributed by atoms with van der Waals surface area (Å²) in [5, 5.41) is 8.86. The Hall–Kier alpha value is -1.11. The van der Waals surface area contributed by atoms with E-state index in [0.29, 0.717) is 19.4 Å². The zero-order valence-corrected chi connectivity index (χ0v) is 10.6. The average molecular weight is 263 g/mol. The summed E-state index contributed by atoms with van der Waals surface area (Å²) in [7, 11) is -3.15. The molecule has 1 fully saturated rings. The van der Waals surface area contributed by atoms with Gasteiger partial charge >= 0.3 is 5.97 Å². The number of likely N-dealkylation sites (tertiary alicyclic amines) is 1. The fraction of sp³-hybridized carbons (Fsp3) is 0.800. The number of aliphatic carboxylic acids is 1. The number of nitrogens with zero attached hydrogens (tertiary/aromatic N) is 1. The van der Waals surface area contributed by atoms with Crippen LogP contribution < -0.4 is 0 Å². The maximum absolute atomic E-state index is 11.7. The molecule has 1 atom stereocenters. The van der Waals surface area contributed by atoms with E-state index in [2.05, 4.69) is 0 Å². The van der Waals surface area contributed by atoms with E-state index in [1.807, 2.05) is 0 Å². The molecule has 17 heavy (non-hydrogen) atoms. The number of hydrogen-bond donors (Lipinski definition) is 1. The Labute approximate surface area is 101 Å². The van der Waals surface area contributed by atoms with Crippen LogP contribution in [0.5, 0.6) is 0 Å². The molecule has 0 radical (unpaired) electrons. The van der Waals surface area contributed by atoms with E-state index in [9.17, 15) is 18.0 Å². The predicted octanol–water partition coefficient (Wildman–Crippen LogP) is -0.256. The number of carbonyl (C=O) groups is 2. The SMILES string of the molecule is CS(=O)(=O)CCC(=O)N1CCC[C@H](C(=O)O)C1. The van der Waals surface area contributed by atoms with Gasteiger partial charge in [-0.25, -0.2) is 8.42 Å². The summed E-state index contributed by atoms with van der Waals surface area (Å²) >= 11 is 0. The molecule has 0 unspecified atom stereocenters. The van der Waals surface area contributed by atoms with Crippen molar-refractivity contribution in [3.8, 4) is 0 Å². The highest BCUT2D eigenvalue weighted by Crippen LogP contribution is 2.17. The van der Waals surface area contributed by atoms with Crippen molar-refractivity contribution in [2.24, 2.45) is 5.92 Å². The molecular formula is C10H17NO5S. The zero-order valence-electron chi connectivity index (χ0n) is 9.76. The van der Waals surface area contributed by atoms with E-state index in [0.717, 1.165) is 6.26 Å². The van der Waals surface area contributed by atoms with Gasteiger partial charge in [0.25, 0.3) is 0 Å². The third-order valence-corrected chi connectivity index (χ3v) is 3.76. The number of sulfone groups is 1. The van der Waals surface area contributed by atoms with Gasteiger partial charge in [-0.1, -0.05) is 0 Å². The summed E-state index contributed by atoms with van der Waals surface area (Å²) in [6.07, 6.45) is 2.24. The minimum atomic E-state index is -3.15. The van der Waals surface area contributed by atoms with Crippen molar-refractivity contribution in [3.05, 3.63) is 0 Å². The molecule has 1 aliphatic heterocycles. The smallest absolute Gasteiger partial charge is 0.308 e. The molecular weight excluding hydrogens is 246 g/mol. The Bertz CT molecular complexity index is 403. The van der Waals surface area contributed by atoms with Crippen LogP contribution in [0.2, 0.25) is 0 Å². The minimum absolute atomic E-state index is 0.0643. The van der Waals surface area contributed by atoms with Crippen molar-refractivity contribution in [3.63, 3.8) is 0 Å². The van der Waals surface area contributed by atoms with E-state index in [4.69, 9.17) is 5.11 Å². The summed E-state index contributed by atoms with van der Waals surface area (Å²) in [6, 6.07) is 0. The number of hydrogen-bond acceptors (Lipinski definition) is 4. The zero-order chi connectivity index (χ0) is 13.1. The van der Waals surface area contributed by atoms with Crippen molar-refractivity contribution in [1.82, 2.24) is 4.90 Å². The van der Waals surface area contributed by atoms with Crippen LogP contribution in [-0.4, -0.2) is 55.4 Å². The van der Waals surface area contributed by atoms with Crippen LogP contribution in [0.25, 0.3) is 0 Å². The van der Waals surface area contributed by atoms with E-state index in [1.165, 1.54) is 4.90 Å². The molecule has 0 aromatic heterocycles. The van der Waals surface area contributed by atoms with Gasteiger partial charge in [0, 0.05) is 25.8 Å². The molecule has 0 bridgehead atoms. The van der Waals surface area contributed by atoms with E-state index < -0.39 is 21.7 Å². The predicted molar refractivity (Wildman–Crippen MR) is 61.3 cm³/mol. The Morgan fingerprint density at radius 3 is 2.59 bits per heavy atom. The molecule has 0 aliphatic carbocycles. The van der Waals surface area contributed by atoms with Gasteiger partial charge in [-0.2, -0.15) is 0 Å². The number of amides is 1. The van der Waals surface area contributed by atoms with Crippen LogP contribution in [0.4, 0.5) is 0 Å². The highest BCUT2D eigenvalue weighted by molar-refractivity contribution is 7.90. The van der Waals surface area contributed by atoms with Gasteiger partial charge in [-0.15, -0.1) is 0 Å². The largest absolute Gasteiger partial charge is 0.481 e. The van der Waals surface area contributed by atoms with Crippen LogP contribution in [-0.2, 0) is 19.4 Å². The van der Waals surface area contributed by atoms with Crippen LogP contribution >= 0.6 is 0 Å². The summed E-state index contributed by atoms with van der Waals surface area (Å²) < 4.78 is 21.9. The van der Waals surface area contributed by atoms with Gasteiger partial charge in [0.05, 0.1) is 11.7 Å². The van der Waals surface area contributed by atoms with Crippen LogP contribution in [0.15, 0.2) is 0 Å². The fourth-order valence-corrected chi connectivity index (χ4v) is 2.38. The molecule has 0 saturated carbocycles. The van der Waals surface area contributed by atoms with E-state index in [-0.39, 0.29) is 24.6 Å². The van der Waals surface area contributed by atoms with Crippen molar-refractivity contribution in [2.45, 2.75) is 19.3 Å². The molecule has 1 aliphatic rings. The highest BCUT2D eigenvalue weighted by atomic mass is 32.2. The molecule has 1 heterocycles. The lowest BCUT2D eigenvalue weighted by Gasteiger charge is -2.30. The van der Waals surface area contributed by atoms with Crippen LogP contribution in [0.1, 0.15) is 19.3 Å². The summed E-state index contributed by atoms with van der Waals surface area (Å²) in [5.41, 5.74) is 0. The standard InChI is InChI=1S/C10H17NO5S/c1-17(15,16)6-4-9(12)11-5-2-3-8(7-11)10(13)14/h8H,2-7H2,1H3,(H,13,14)/t8-/m0/s1. The first-order valence-corrected chi connectivity index (χ1v) is 7.54. The number of carboxylic acids is 1. The molecule has 0 aromatic carbocycles. The molecule has 1 N–H and O–H groups in total. The van der Waals surface area contributed by atoms with Crippen molar-refractivity contribution < 1.29 is 23.1 Å². The fourth-order valence-electron chi connectivity index (χ4n) is 1.84. The summed E-state index contributed by atoms with van der Waals surface area (Å²) in [4.78, 5) is 23.9. The highest BCUT2D eigenvalue weighted by Gasteiger charge is 2.28. The molecule has 6 nitrogen and oxygen atoms in total. The molecule has 1 saturated heterocycles. The quantitative estimate of drug-likeness (QED) is 0.754. The Balaban J connectivity index is 2.49. The second-order valence-corrected chi connectivity index (χ2v) is 6.66. The average Bonchev–Trinajstić information content (AvgIpc) is 2.25. The summed E-state index contributed by atoms with van der Waals surface area (Å²) in [5.74, 6) is -1.88. The summed E-state index contributed by atoms with van der Waals surface area (Å²) in [6.45, 7) is 0.713. The molecule has 1 amide bonds. The van der Waals surface area contributed by atoms with Crippen molar-refractivity contribution in [2.75, 3.05) is 25.1 Å². The lowest BCUT2D eigenvalue weighted by molar-refractivity contribution is -0.145. The van der Waals surface area contributed by atoms with Gasteiger partial charge in [-0.05, 0) is 12.8 Å². The Morgan fingerprint density at radius 1 is 1.41 bits per heavy atom. The van der Waals surface area contributed by atoms with Crippen molar-refractivity contribution >= 4 is 21.7 Å². The van der Waals surface area contributed by atoms with Gasteiger partial charge in [0.1, 0.15) is 9.84 Å².